The summed E-state index contributed by atoms with van der Waals surface area (Å²) in [6.07, 6.45) is 3.02. The molecule has 2 aromatic heterocycles. The van der Waals surface area contributed by atoms with E-state index in [0.717, 1.165) is 22.5 Å². The highest BCUT2D eigenvalue weighted by Crippen LogP contribution is 2.21. The minimum absolute atomic E-state index is 0.0413. The Morgan fingerprint density at radius 1 is 1.09 bits per heavy atom. The van der Waals surface area contributed by atoms with Crippen LogP contribution >= 0.6 is 0 Å². The third-order valence-corrected chi connectivity index (χ3v) is 5.41. The molecule has 0 atom stereocenters. The molecule has 10 nitrogen and oxygen atoms in total. The molecule has 0 aliphatic heterocycles. The van der Waals surface area contributed by atoms with Crippen LogP contribution in [0, 0.1) is 30.9 Å². The fourth-order valence-corrected chi connectivity index (χ4v) is 3.46. The first-order valence-electron chi connectivity index (χ1n) is 10.8. The average molecular weight is 473 g/mol. The van der Waals surface area contributed by atoms with Crippen molar-refractivity contribution >= 4 is 17.7 Å². The second-order valence-electron chi connectivity index (χ2n) is 7.97. The van der Waals surface area contributed by atoms with E-state index in [0.29, 0.717) is 12.1 Å². The number of aryl methyl sites for hydroxylation is 2. The van der Waals surface area contributed by atoms with E-state index in [4.69, 9.17) is 9.15 Å². The number of hydrogen-bond acceptors (Lipinski definition) is 8. The highest BCUT2D eigenvalue weighted by Gasteiger charge is 2.13. The van der Waals surface area contributed by atoms with Crippen molar-refractivity contribution in [3.8, 4) is 11.5 Å². The zero-order valence-corrected chi connectivity index (χ0v) is 19.5. The summed E-state index contributed by atoms with van der Waals surface area (Å²) in [7, 11) is 0. The lowest BCUT2D eigenvalue weighted by atomic mass is 10.1. The van der Waals surface area contributed by atoms with E-state index in [1.807, 2.05) is 25.5 Å². The molecule has 0 aliphatic rings. The number of non-ortho nitro benzene ring substituents is 1. The van der Waals surface area contributed by atoms with Crippen LogP contribution < -0.4 is 0 Å². The van der Waals surface area contributed by atoms with Gasteiger partial charge in [0.2, 0.25) is 5.89 Å². The highest BCUT2D eigenvalue weighted by molar-refractivity contribution is 5.87. The average Bonchev–Trinajstić information content (AvgIpc) is 3.42. The molecule has 178 valence electrons. The first-order valence-corrected chi connectivity index (χ1v) is 10.8. The molecule has 0 saturated carbocycles. The van der Waals surface area contributed by atoms with E-state index in [2.05, 4.69) is 39.6 Å². The number of carbonyl (C=O) groups is 1. The van der Waals surface area contributed by atoms with Crippen LogP contribution in [0.3, 0.4) is 0 Å². The van der Waals surface area contributed by atoms with Crippen LogP contribution in [0.5, 0.6) is 0 Å². The van der Waals surface area contributed by atoms with Gasteiger partial charge >= 0.3 is 5.97 Å². The molecule has 35 heavy (non-hydrogen) atoms. The van der Waals surface area contributed by atoms with Crippen LogP contribution in [0.15, 0.2) is 59.0 Å². The predicted molar refractivity (Wildman–Crippen MR) is 127 cm³/mol. The summed E-state index contributed by atoms with van der Waals surface area (Å²) in [5, 5.41) is 23.1. The fourth-order valence-electron chi connectivity index (χ4n) is 3.46. The monoisotopic (exact) mass is 473 g/mol. The second kappa shape index (κ2) is 10.1. The number of carbonyl (C=O) groups excluding carboxylic acids is 1. The predicted octanol–water partition coefficient (Wildman–Crippen LogP) is 4.57. The van der Waals surface area contributed by atoms with Gasteiger partial charge in [0.25, 0.3) is 11.6 Å². The topological polar surface area (TPSA) is 126 Å². The van der Waals surface area contributed by atoms with Gasteiger partial charge in [-0.2, -0.15) is 5.10 Å². The van der Waals surface area contributed by atoms with E-state index in [1.54, 1.807) is 6.08 Å². The van der Waals surface area contributed by atoms with E-state index >= 15 is 0 Å². The second-order valence-corrected chi connectivity index (χ2v) is 7.97. The largest absolute Gasteiger partial charge is 0.452 e. The molecule has 2 aromatic carbocycles. The lowest BCUT2D eigenvalue weighted by Gasteiger charge is -2.05. The van der Waals surface area contributed by atoms with Crippen molar-refractivity contribution in [1.82, 2.24) is 20.0 Å². The van der Waals surface area contributed by atoms with Gasteiger partial charge in [-0.1, -0.05) is 29.8 Å². The zero-order valence-electron chi connectivity index (χ0n) is 19.5. The molecule has 0 N–H and O–H groups in total. The normalized spacial score (nSPS) is 11.2. The highest BCUT2D eigenvalue weighted by atomic mass is 16.6. The molecule has 0 fully saturated rings. The van der Waals surface area contributed by atoms with Gasteiger partial charge in [0.1, 0.15) is 0 Å². The van der Waals surface area contributed by atoms with Crippen LogP contribution in [-0.4, -0.2) is 30.9 Å². The summed E-state index contributed by atoms with van der Waals surface area (Å²) in [6, 6.07) is 14.0. The van der Waals surface area contributed by atoms with Crippen LogP contribution in [0.2, 0.25) is 0 Å². The molecule has 0 unspecified atom stereocenters. The maximum atomic E-state index is 12.2. The van der Waals surface area contributed by atoms with E-state index in [-0.39, 0.29) is 24.1 Å². The van der Waals surface area contributed by atoms with Crippen LogP contribution in [0.1, 0.15) is 34.0 Å². The number of nitrogens with zero attached hydrogens (tertiary/aromatic N) is 5. The minimum Gasteiger partial charge on any atom is -0.452 e. The molecule has 2 heterocycles. The van der Waals surface area contributed by atoms with Crippen LogP contribution in [0.4, 0.5) is 5.69 Å². The van der Waals surface area contributed by atoms with E-state index in [9.17, 15) is 14.9 Å². The van der Waals surface area contributed by atoms with Crippen molar-refractivity contribution in [3.63, 3.8) is 0 Å². The number of nitro benzene ring substituents is 1. The molecule has 4 aromatic rings. The molecular weight excluding hydrogens is 450 g/mol. The lowest BCUT2D eigenvalue weighted by Crippen LogP contribution is -2.04. The minimum atomic E-state index is -0.565. The molecule has 0 spiro atoms. The van der Waals surface area contributed by atoms with Gasteiger partial charge in [-0.3, -0.25) is 14.8 Å². The Labute approximate surface area is 201 Å². The molecular formula is C25H23N5O5. The molecule has 4 rings (SSSR count). The summed E-state index contributed by atoms with van der Waals surface area (Å²) >= 11 is 0. The van der Waals surface area contributed by atoms with Gasteiger partial charge in [-0.15, -0.1) is 10.2 Å². The maximum absolute atomic E-state index is 12.2. The van der Waals surface area contributed by atoms with Gasteiger partial charge in [0, 0.05) is 35.0 Å². The van der Waals surface area contributed by atoms with Crippen LogP contribution in [0.25, 0.3) is 17.5 Å². The first kappa shape index (κ1) is 23.6. The van der Waals surface area contributed by atoms with Crippen molar-refractivity contribution in [3.05, 3.63) is 98.7 Å². The number of benzene rings is 2. The molecule has 0 amide bonds. The third-order valence-electron chi connectivity index (χ3n) is 5.41. The number of nitro groups is 1. The first-order chi connectivity index (χ1) is 16.8. The molecule has 0 bridgehead atoms. The number of ether oxygens (including phenoxy) is 1. The number of esters is 1. The Morgan fingerprint density at radius 2 is 1.80 bits per heavy atom. The van der Waals surface area contributed by atoms with Gasteiger partial charge in [-0.25, -0.2) is 4.79 Å². The molecule has 10 heteroatoms. The van der Waals surface area contributed by atoms with Crippen molar-refractivity contribution in [2.75, 3.05) is 0 Å². The summed E-state index contributed by atoms with van der Waals surface area (Å²) in [4.78, 5) is 22.5. The Kier molecular flexibility index (Phi) is 6.81. The Bertz CT molecular complexity index is 1380. The van der Waals surface area contributed by atoms with Gasteiger partial charge in [-0.05, 0) is 44.5 Å². The number of hydrogen-bond donors (Lipinski definition) is 0. The maximum Gasteiger partial charge on any atom is 0.331 e. The van der Waals surface area contributed by atoms with Gasteiger partial charge < -0.3 is 9.15 Å². The summed E-state index contributed by atoms with van der Waals surface area (Å²) in [5.41, 5.74) is 5.43. The summed E-state index contributed by atoms with van der Waals surface area (Å²) in [5.74, 6) is -0.280. The smallest absolute Gasteiger partial charge is 0.331 e. The Balaban J connectivity index is 1.35. The fraction of sp³-hybridized carbons (Fsp3) is 0.200. The molecule has 0 saturated heterocycles. The Hall–Kier alpha value is -4.60. The van der Waals surface area contributed by atoms with Gasteiger partial charge in [0.15, 0.2) is 6.61 Å². The third kappa shape index (κ3) is 5.67. The van der Waals surface area contributed by atoms with Gasteiger partial charge in [0.05, 0.1) is 17.2 Å². The summed E-state index contributed by atoms with van der Waals surface area (Å²) < 4.78 is 12.6. The quantitative estimate of drug-likeness (QED) is 0.158. The lowest BCUT2D eigenvalue weighted by molar-refractivity contribution is -0.384. The number of rotatable bonds is 8. The molecule has 0 aliphatic carbocycles. The van der Waals surface area contributed by atoms with Crippen molar-refractivity contribution in [2.24, 2.45) is 0 Å². The standard InChI is InChI=1S/C25H23N5O5/c1-16-4-6-19(7-5-16)14-29-18(3)22(17(2)28-29)12-13-24(31)34-15-23-26-27-25(35-23)20-8-10-21(11-9-20)30(32)33/h4-13H,14-15H2,1-3H3/b13-12+. The summed E-state index contributed by atoms with van der Waals surface area (Å²) in [6.45, 7) is 6.33. The Morgan fingerprint density at radius 3 is 2.49 bits per heavy atom. The van der Waals surface area contributed by atoms with Crippen molar-refractivity contribution in [2.45, 2.75) is 33.9 Å². The zero-order chi connectivity index (χ0) is 24.9. The van der Waals surface area contributed by atoms with Crippen molar-refractivity contribution in [1.29, 1.82) is 0 Å². The van der Waals surface area contributed by atoms with Crippen LogP contribution in [-0.2, 0) is 22.7 Å². The van der Waals surface area contributed by atoms with E-state index < -0.39 is 10.9 Å². The SMILES string of the molecule is Cc1ccc(Cn2nc(C)c(/C=C/C(=O)OCc3nnc(-c4ccc([N+](=O)[O-])cc4)o3)c2C)cc1. The molecule has 0 radical (unpaired) electrons. The van der Waals surface area contributed by atoms with E-state index in [1.165, 1.54) is 35.9 Å². The van der Waals surface area contributed by atoms with Crippen molar-refractivity contribution < 1.29 is 18.9 Å². The number of aromatic nitrogens is 4.